The number of nitrogens with zero attached hydrogens (tertiary/aromatic N) is 1. The molecule has 82 valence electrons. The van der Waals surface area contributed by atoms with Gasteiger partial charge in [-0.3, -0.25) is 0 Å². The normalized spacial score (nSPS) is 43.1. The lowest BCUT2D eigenvalue weighted by atomic mass is 10.1. The molecule has 0 bridgehead atoms. The number of hydrogen-bond donors (Lipinski definition) is 1. The molecule has 2 aliphatic heterocycles. The highest BCUT2D eigenvalue weighted by Gasteiger charge is 2.42. The van der Waals surface area contributed by atoms with Crippen molar-refractivity contribution < 1.29 is 13.2 Å². The van der Waals surface area contributed by atoms with Crippen LogP contribution in [-0.4, -0.2) is 50.3 Å². The van der Waals surface area contributed by atoms with E-state index in [0.717, 1.165) is 0 Å². The molecule has 2 saturated heterocycles. The molecular weight excluding hydrogens is 204 g/mol. The summed E-state index contributed by atoms with van der Waals surface area (Å²) >= 11 is 0. The predicted octanol–water partition coefficient (Wildman–Crippen LogP) is -1.01. The fourth-order valence-electron chi connectivity index (χ4n) is 2.13. The minimum Gasteiger partial charge on any atom is -0.378 e. The number of hydrogen-bond acceptors (Lipinski definition) is 4. The monoisotopic (exact) mass is 220 g/mol. The third kappa shape index (κ3) is 1.67. The number of rotatable bonds is 1. The van der Waals surface area contributed by atoms with Crippen LogP contribution in [0.2, 0.25) is 0 Å². The second-order valence-corrected chi connectivity index (χ2v) is 6.19. The summed E-state index contributed by atoms with van der Waals surface area (Å²) in [5.74, 6) is 0.448. The van der Waals surface area contributed by atoms with Crippen LogP contribution in [0.15, 0.2) is 0 Å². The highest BCUT2D eigenvalue weighted by atomic mass is 32.2. The first-order chi connectivity index (χ1) is 6.50. The Bertz CT molecular complexity index is 317. The van der Waals surface area contributed by atoms with Gasteiger partial charge in [-0.2, -0.15) is 4.31 Å². The molecule has 2 rings (SSSR count). The van der Waals surface area contributed by atoms with Crippen molar-refractivity contribution >= 4 is 10.0 Å². The van der Waals surface area contributed by atoms with E-state index in [1.54, 1.807) is 0 Å². The summed E-state index contributed by atoms with van der Waals surface area (Å²) in [6.07, 6.45) is 0. The van der Waals surface area contributed by atoms with Crippen LogP contribution < -0.4 is 5.73 Å². The SMILES string of the molecule is CC1CN(C2COCC2N)S(=O)(=O)C1. The summed E-state index contributed by atoms with van der Waals surface area (Å²) in [6.45, 7) is 3.43. The highest BCUT2D eigenvalue weighted by molar-refractivity contribution is 7.89. The van der Waals surface area contributed by atoms with Crippen LogP contribution in [0.5, 0.6) is 0 Å². The van der Waals surface area contributed by atoms with Crippen LogP contribution in [0, 0.1) is 5.92 Å². The molecule has 0 aromatic heterocycles. The van der Waals surface area contributed by atoms with E-state index in [2.05, 4.69) is 0 Å². The topological polar surface area (TPSA) is 72.6 Å². The van der Waals surface area contributed by atoms with E-state index in [1.165, 1.54) is 4.31 Å². The van der Waals surface area contributed by atoms with Crippen LogP contribution in [-0.2, 0) is 14.8 Å². The molecule has 6 heteroatoms. The van der Waals surface area contributed by atoms with Crippen LogP contribution >= 0.6 is 0 Å². The van der Waals surface area contributed by atoms with E-state index >= 15 is 0 Å². The Hall–Kier alpha value is -0.170. The summed E-state index contributed by atoms with van der Waals surface area (Å²) in [5, 5.41) is 0. The van der Waals surface area contributed by atoms with E-state index < -0.39 is 10.0 Å². The summed E-state index contributed by atoms with van der Waals surface area (Å²) in [7, 11) is -3.08. The molecule has 2 fully saturated rings. The predicted molar refractivity (Wildman–Crippen MR) is 52.2 cm³/mol. The molecule has 5 nitrogen and oxygen atoms in total. The molecule has 2 aliphatic rings. The molecule has 0 spiro atoms. The zero-order chi connectivity index (χ0) is 10.3. The minimum atomic E-state index is -3.08. The Labute approximate surface area is 84.3 Å². The summed E-state index contributed by atoms with van der Waals surface area (Å²) in [5.41, 5.74) is 5.79. The van der Waals surface area contributed by atoms with Crippen molar-refractivity contribution in [1.82, 2.24) is 4.31 Å². The van der Waals surface area contributed by atoms with Crippen molar-refractivity contribution in [1.29, 1.82) is 0 Å². The van der Waals surface area contributed by atoms with Crippen molar-refractivity contribution in [2.75, 3.05) is 25.5 Å². The maximum Gasteiger partial charge on any atom is 0.214 e. The van der Waals surface area contributed by atoms with Gasteiger partial charge in [-0.15, -0.1) is 0 Å². The van der Waals surface area contributed by atoms with Gasteiger partial charge in [0.25, 0.3) is 0 Å². The molecule has 0 aromatic carbocycles. The van der Waals surface area contributed by atoms with Gasteiger partial charge in [0.05, 0.1) is 25.0 Å². The first kappa shape index (κ1) is 10.4. The highest BCUT2D eigenvalue weighted by Crippen LogP contribution is 2.25. The standard InChI is InChI=1S/C8H16N2O3S/c1-6-2-10(14(11,12)5-6)8-4-13-3-7(8)9/h6-8H,2-5,9H2,1H3. The molecule has 3 unspecified atom stereocenters. The summed E-state index contributed by atoms with van der Waals surface area (Å²) < 4.78 is 30.1. The average molecular weight is 220 g/mol. The quantitative estimate of drug-likeness (QED) is 0.615. The Morgan fingerprint density at radius 3 is 2.57 bits per heavy atom. The van der Waals surface area contributed by atoms with Gasteiger partial charge in [-0.05, 0) is 5.92 Å². The molecule has 14 heavy (non-hydrogen) atoms. The van der Waals surface area contributed by atoms with Gasteiger partial charge in [0.15, 0.2) is 0 Å². The van der Waals surface area contributed by atoms with E-state index in [0.29, 0.717) is 19.8 Å². The van der Waals surface area contributed by atoms with Gasteiger partial charge in [0, 0.05) is 12.6 Å². The van der Waals surface area contributed by atoms with Crippen LogP contribution in [0.25, 0.3) is 0 Å². The Kier molecular flexibility index (Phi) is 2.55. The van der Waals surface area contributed by atoms with Crippen molar-refractivity contribution in [2.45, 2.75) is 19.0 Å². The van der Waals surface area contributed by atoms with E-state index in [9.17, 15) is 8.42 Å². The maximum absolute atomic E-state index is 11.7. The van der Waals surface area contributed by atoms with Crippen LogP contribution in [0.4, 0.5) is 0 Å². The number of sulfonamides is 1. The van der Waals surface area contributed by atoms with Crippen molar-refractivity contribution in [3.05, 3.63) is 0 Å². The van der Waals surface area contributed by atoms with Gasteiger partial charge >= 0.3 is 0 Å². The number of nitrogens with two attached hydrogens (primary N) is 1. The Morgan fingerprint density at radius 1 is 1.43 bits per heavy atom. The minimum absolute atomic E-state index is 0.148. The first-order valence-electron chi connectivity index (χ1n) is 4.83. The van der Waals surface area contributed by atoms with Gasteiger partial charge in [0.2, 0.25) is 10.0 Å². The Morgan fingerprint density at radius 2 is 2.14 bits per heavy atom. The molecule has 0 amide bonds. The zero-order valence-corrected chi connectivity index (χ0v) is 9.03. The third-order valence-electron chi connectivity index (χ3n) is 2.81. The van der Waals surface area contributed by atoms with Crippen LogP contribution in [0.1, 0.15) is 6.92 Å². The lowest BCUT2D eigenvalue weighted by Gasteiger charge is -2.24. The van der Waals surface area contributed by atoms with Gasteiger partial charge in [-0.25, -0.2) is 8.42 Å². The van der Waals surface area contributed by atoms with Crippen LogP contribution in [0.3, 0.4) is 0 Å². The van der Waals surface area contributed by atoms with E-state index in [1.807, 2.05) is 6.92 Å². The summed E-state index contributed by atoms with van der Waals surface area (Å²) in [4.78, 5) is 0. The molecule has 0 aromatic rings. The van der Waals surface area contributed by atoms with Crippen molar-refractivity contribution in [3.63, 3.8) is 0 Å². The molecular formula is C8H16N2O3S. The van der Waals surface area contributed by atoms with Gasteiger partial charge in [-0.1, -0.05) is 6.92 Å². The molecule has 0 aliphatic carbocycles. The molecule has 0 saturated carbocycles. The van der Waals surface area contributed by atoms with Crippen molar-refractivity contribution in [2.24, 2.45) is 11.7 Å². The largest absolute Gasteiger partial charge is 0.378 e. The maximum atomic E-state index is 11.7. The second-order valence-electron chi connectivity index (χ2n) is 4.22. The fourth-order valence-corrected chi connectivity index (χ4v) is 4.25. The lowest BCUT2D eigenvalue weighted by molar-refractivity contribution is 0.176. The summed E-state index contributed by atoms with van der Waals surface area (Å²) in [6, 6.07) is -0.319. The van der Waals surface area contributed by atoms with Gasteiger partial charge < -0.3 is 10.5 Å². The zero-order valence-electron chi connectivity index (χ0n) is 8.22. The fraction of sp³-hybridized carbons (Fsp3) is 1.00. The molecule has 0 radical (unpaired) electrons. The molecule has 3 atom stereocenters. The molecule has 2 N–H and O–H groups in total. The smallest absolute Gasteiger partial charge is 0.214 e. The average Bonchev–Trinajstić information content (AvgIpc) is 2.55. The van der Waals surface area contributed by atoms with E-state index in [4.69, 9.17) is 10.5 Å². The lowest BCUT2D eigenvalue weighted by Crippen LogP contribution is -2.47. The second kappa shape index (κ2) is 3.44. The number of ether oxygens (including phenoxy) is 1. The third-order valence-corrected chi connectivity index (χ3v) is 4.93. The van der Waals surface area contributed by atoms with Crippen molar-refractivity contribution in [3.8, 4) is 0 Å². The Balaban J connectivity index is 2.18. The van der Waals surface area contributed by atoms with Gasteiger partial charge in [0.1, 0.15) is 0 Å². The first-order valence-corrected chi connectivity index (χ1v) is 6.44. The molecule has 2 heterocycles. The van der Waals surface area contributed by atoms with E-state index in [-0.39, 0.29) is 23.8 Å².